The van der Waals surface area contributed by atoms with Gasteiger partial charge in [-0.25, -0.2) is 14.5 Å². The van der Waals surface area contributed by atoms with E-state index in [1.54, 1.807) is 30.2 Å². The zero-order valence-corrected chi connectivity index (χ0v) is 25.6. The summed E-state index contributed by atoms with van der Waals surface area (Å²) in [5.41, 5.74) is 2.92. The molecule has 10 nitrogen and oxygen atoms in total. The lowest BCUT2D eigenvalue weighted by atomic mass is 9.92. The van der Waals surface area contributed by atoms with Crippen molar-refractivity contribution >= 4 is 40.9 Å². The molecule has 1 N–H and O–H groups in total. The van der Waals surface area contributed by atoms with Crippen LogP contribution < -0.4 is 15.6 Å². The van der Waals surface area contributed by atoms with E-state index in [1.807, 2.05) is 30.3 Å². The second-order valence-corrected chi connectivity index (χ2v) is 11.5. The lowest BCUT2D eigenvalue weighted by Crippen LogP contribution is -2.38. The van der Waals surface area contributed by atoms with Crippen LogP contribution in [0.15, 0.2) is 65.6 Å². The van der Waals surface area contributed by atoms with Crippen LogP contribution in [0.25, 0.3) is 22.4 Å². The Morgan fingerprint density at radius 1 is 1.00 bits per heavy atom. The van der Waals surface area contributed by atoms with Gasteiger partial charge in [0.15, 0.2) is 0 Å². The predicted molar refractivity (Wildman–Crippen MR) is 167 cm³/mol. The highest BCUT2D eigenvalue weighted by Gasteiger charge is 2.43. The average Bonchev–Trinajstić information content (AvgIpc) is 3.34. The molecule has 1 saturated heterocycles. The maximum absolute atomic E-state index is 12.9. The van der Waals surface area contributed by atoms with Gasteiger partial charge in [0.2, 0.25) is 5.88 Å². The number of amides is 2. The molecule has 3 heterocycles. The summed E-state index contributed by atoms with van der Waals surface area (Å²) in [6.07, 6.45) is 4.96. The summed E-state index contributed by atoms with van der Waals surface area (Å²) in [5.74, 6) is -0.217. The molecule has 44 heavy (non-hydrogen) atoms. The number of carbonyl (C=O) groups excluding carboxylic acids is 2. The molecular formula is C32H29Cl2N5O5. The van der Waals surface area contributed by atoms with E-state index >= 15 is 0 Å². The molecule has 2 aromatic heterocycles. The number of benzene rings is 2. The number of pyridine rings is 1. The molecule has 226 valence electrons. The Morgan fingerprint density at radius 3 is 2.52 bits per heavy atom. The Balaban J connectivity index is 1.28. The molecule has 1 aliphatic carbocycles. The largest absolute Gasteiger partial charge is 0.481 e. The molecule has 0 radical (unpaired) electrons. The number of ether oxygens (including phenoxy) is 2. The zero-order chi connectivity index (χ0) is 31.0. The van der Waals surface area contributed by atoms with E-state index in [1.165, 1.54) is 19.3 Å². The normalized spacial score (nSPS) is 17.6. The molecule has 2 fully saturated rings. The van der Waals surface area contributed by atoms with Gasteiger partial charge in [-0.3, -0.25) is 14.5 Å². The van der Waals surface area contributed by atoms with Crippen LogP contribution in [0.1, 0.15) is 41.6 Å². The summed E-state index contributed by atoms with van der Waals surface area (Å²) in [5, 5.41) is 7.22. The molecular weight excluding hydrogens is 605 g/mol. The van der Waals surface area contributed by atoms with Gasteiger partial charge in [0.05, 0.1) is 41.1 Å². The fourth-order valence-electron chi connectivity index (χ4n) is 5.83. The maximum atomic E-state index is 12.9. The lowest BCUT2D eigenvalue weighted by Gasteiger charge is -2.28. The Bertz CT molecular complexity index is 1830. The van der Waals surface area contributed by atoms with Crippen molar-refractivity contribution in [1.29, 1.82) is 0 Å². The summed E-state index contributed by atoms with van der Waals surface area (Å²) in [7, 11) is 3.01. The summed E-state index contributed by atoms with van der Waals surface area (Å²) in [6, 6.07) is 15.8. The highest BCUT2D eigenvalue weighted by atomic mass is 35.5. The number of nitrogens with one attached hydrogen (secondary N) is 1. The quantitative estimate of drug-likeness (QED) is 0.252. The number of methoxy groups -OCH3 is 1. The molecule has 12 heteroatoms. The maximum Gasteiger partial charge on any atom is 0.410 e. The van der Waals surface area contributed by atoms with Crippen molar-refractivity contribution in [2.24, 2.45) is 7.05 Å². The van der Waals surface area contributed by atoms with Crippen LogP contribution >= 0.6 is 23.2 Å². The molecule has 1 saturated carbocycles. The van der Waals surface area contributed by atoms with Crippen LogP contribution in [0.5, 0.6) is 5.88 Å². The van der Waals surface area contributed by atoms with Crippen LogP contribution in [-0.4, -0.2) is 50.9 Å². The number of aromatic nitrogens is 3. The first-order valence-corrected chi connectivity index (χ1v) is 14.9. The molecule has 2 unspecified atom stereocenters. The molecule has 2 aliphatic rings. The standard InChI is InChI=1S/C32H29Cl2N5O5/c1-38-31(41)22(15-16-35-38)29(40)36-24-10-6-8-20(28(24)34)19-7-5-9-21(27(19)33)23-14-13-18(30(37-23)43-2)17-39-25-11-3-4-12-26(25)44-32(39)42/h5-10,13-16,25-26H,3-4,11-12,17H2,1-2H3,(H,36,40). The number of carbonyl (C=O) groups is 2. The van der Waals surface area contributed by atoms with E-state index in [4.69, 9.17) is 37.7 Å². The monoisotopic (exact) mass is 633 g/mol. The minimum Gasteiger partial charge on any atom is -0.481 e. The summed E-state index contributed by atoms with van der Waals surface area (Å²) in [6.45, 7) is 0.337. The van der Waals surface area contributed by atoms with Gasteiger partial charge >= 0.3 is 6.09 Å². The van der Waals surface area contributed by atoms with Crippen molar-refractivity contribution in [2.45, 2.75) is 44.4 Å². The van der Waals surface area contributed by atoms with Crippen LogP contribution in [0, 0.1) is 0 Å². The number of hydrogen-bond acceptors (Lipinski definition) is 7. The first-order chi connectivity index (χ1) is 21.3. The van der Waals surface area contributed by atoms with Crippen molar-refractivity contribution in [3.05, 3.63) is 92.3 Å². The van der Waals surface area contributed by atoms with Crippen molar-refractivity contribution < 1.29 is 19.1 Å². The van der Waals surface area contributed by atoms with Crippen molar-refractivity contribution in [1.82, 2.24) is 19.7 Å². The van der Waals surface area contributed by atoms with Gasteiger partial charge < -0.3 is 14.8 Å². The number of hydrogen-bond donors (Lipinski definition) is 1. The van der Waals surface area contributed by atoms with E-state index in [9.17, 15) is 14.4 Å². The fourth-order valence-corrected chi connectivity index (χ4v) is 6.43. The Hall–Kier alpha value is -4.41. The van der Waals surface area contributed by atoms with Gasteiger partial charge in [-0.2, -0.15) is 5.10 Å². The van der Waals surface area contributed by atoms with Gasteiger partial charge in [-0.05, 0) is 43.5 Å². The SMILES string of the molecule is COc1nc(-c2cccc(-c3cccc(NC(=O)c4ccnn(C)c4=O)c3Cl)c2Cl)ccc1CN1C(=O)OC2CCCCC21. The Morgan fingerprint density at radius 2 is 1.73 bits per heavy atom. The van der Waals surface area contributed by atoms with Gasteiger partial charge in [0.25, 0.3) is 11.5 Å². The third-order valence-electron chi connectivity index (χ3n) is 8.09. The molecule has 2 atom stereocenters. The Labute approximate surface area is 263 Å². The molecule has 2 aromatic carbocycles. The first-order valence-electron chi connectivity index (χ1n) is 14.2. The van der Waals surface area contributed by atoms with E-state index in [0.717, 1.165) is 35.9 Å². The number of fused-ring (bicyclic) bond motifs is 1. The highest BCUT2D eigenvalue weighted by Crippen LogP contribution is 2.42. The van der Waals surface area contributed by atoms with Gasteiger partial charge in [0, 0.05) is 35.5 Å². The van der Waals surface area contributed by atoms with Crippen LogP contribution in [-0.2, 0) is 18.3 Å². The van der Waals surface area contributed by atoms with Crippen LogP contribution in [0.3, 0.4) is 0 Å². The molecule has 0 spiro atoms. The van der Waals surface area contributed by atoms with Crippen LogP contribution in [0.2, 0.25) is 10.0 Å². The number of nitrogens with zero attached hydrogens (tertiary/aromatic N) is 4. The van der Waals surface area contributed by atoms with E-state index in [0.29, 0.717) is 45.5 Å². The summed E-state index contributed by atoms with van der Waals surface area (Å²) >= 11 is 13.7. The van der Waals surface area contributed by atoms with Gasteiger partial charge in [-0.15, -0.1) is 0 Å². The summed E-state index contributed by atoms with van der Waals surface area (Å²) in [4.78, 5) is 44.4. The average molecular weight is 635 g/mol. The van der Waals surface area contributed by atoms with Gasteiger partial charge in [0.1, 0.15) is 11.7 Å². The fraction of sp³-hybridized carbons (Fsp3) is 0.281. The third kappa shape index (κ3) is 5.51. The molecule has 0 bridgehead atoms. The van der Waals surface area contributed by atoms with Crippen LogP contribution in [0.4, 0.5) is 10.5 Å². The highest BCUT2D eigenvalue weighted by molar-refractivity contribution is 6.39. The Kier molecular flexibility index (Phi) is 8.29. The van der Waals surface area contributed by atoms with Crippen molar-refractivity contribution in [2.75, 3.05) is 12.4 Å². The minimum absolute atomic E-state index is 0.0577. The van der Waals surface area contributed by atoms with E-state index < -0.39 is 11.5 Å². The summed E-state index contributed by atoms with van der Waals surface area (Å²) < 4.78 is 12.3. The van der Waals surface area contributed by atoms with Crippen molar-refractivity contribution in [3.63, 3.8) is 0 Å². The second-order valence-electron chi connectivity index (χ2n) is 10.7. The predicted octanol–water partition coefficient (Wildman–Crippen LogP) is 6.34. The number of halogens is 2. The smallest absolute Gasteiger partial charge is 0.410 e. The number of aryl methyl sites for hydroxylation is 1. The van der Waals surface area contributed by atoms with E-state index in [-0.39, 0.29) is 28.8 Å². The molecule has 1 aliphatic heterocycles. The molecule has 2 amide bonds. The first kappa shape index (κ1) is 29.7. The lowest BCUT2D eigenvalue weighted by molar-refractivity contribution is 0.102. The van der Waals surface area contributed by atoms with Gasteiger partial charge in [-0.1, -0.05) is 60.0 Å². The molecule has 4 aromatic rings. The second kappa shape index (κ2) is 12.3. The van der Waals surface area contributed by atoms with Crippen molar-refractivity contribution in [3.8, 4) is 28.3 Å². The number of anilines is 1. The van der Waals surface area contributed by atoms with E-state index in [2.05, 4.69) is 10.4 Å². The topological polar surface area (TPSA) is 116 Å². The minimum atomic E-state index is -0.607. The zero-order valence-electron chi connectivity index (χ0n) is 24.0. The third-order valence-corrected chi connectivity index (χ3v) is 8.90. The molecule has 6 rings (SSSR count). The number of rotatable bonds is 7.